The van der Waals surface area contributed by atoms with Gasteiger partial charge in [-0.3, -0.25) is 15.8 Å². The van der Waals surface area contributed by atoms with Crippen LogP contribution in [0.4, 0.5) is 5.95 Å². The fraction of sp³-hybridized carbons (Fsp3) is 0.565. The lowest BCUT2D eigenvalue weighted by molar-refractivity contribution is 0.139. The Morgan fingerprint density at radius 1 is 1.00 bits per heavy atom. The maximum atomic E-state index is 4.99. The van der Waals surface area contributed by atoms with Gasteiger partial charge in [-0.05, 0) is 49.8 Å². The van der Waals surface area contributed by atoms with Gasteiger partial charge in [-0.25, -0.2) is 9.97 Å². The third-order valence-corrected chi connectivity index (χ3v) is 6.76. The molecule has 0 amide bonds. The van der Waals surface area contributed by atoms with Gasteiger partial charge in [-0.2, -0.15) is 0 Å². The SMILES string of the molecule is c1ccc(CN2CCCC(C3NNCC3c3ccnc(N4CCCC4)n3)C2)cc1. The molecular weight excluding hydrogens is 360 g/mol. The van der Waals surface area contributed by atoms with E-state index in [9.17, 15) is 0 Å². The topological polar surface area (TPSA) is 56.3 Å². The van der Waals surface area contributed by atoms with Crippen LogP contribution in [0.25, 0.3) is 0 Å². The summed E-state index contributed by atoms with van der Waals surface area (Å²) in [6.07, 6.45) is 7.01. The number of likely N-dealkylation sites (tertiary alicyclic amines) is 1. The van der Waals surface area contributed by atoms with E-state index in [0.29, 0.717) is 17.9 Å². The number of aromatic nitrogens is 2. The first-order valence-electron chi connectivity index (χ1n) is 11.2. The van der Waals surface area contributed by atoms with Crippen LogP contribution in [0.3, 0.4) is 0 Å². The lowest BCUT2D eigenvalue weighted by Crippen LogP contribution is -2.46. The molecule has 2 N–H and O–H groups in total. The number of hydrazine groups is 1. The minimum atomic E-state index is 0.404. The molecule has 5 rings (SSSR count). The second-order valence-electron chi connectivity index (χ2n) is 8.76. The standard InChI is InChI=1S/C23H32N6/c1-2-7-18(8-3-1)16-28-12-6-9-19(17-28)22-20(15-25-27-22)21-10-11-24-23(26-21)29-13-4-5-14-29/h1-3,7-8,10-11,19-20,22,25,27H,4-6,9,12-17H2. The summed E-state index contributed by atoms with van der Waals surface area (Å²) < 4.78 is 0. The molecule has 1 aromatic heterocycles. The predicted molar refractivity (Wildman–Crippen MR) is 116 cm³/mol. The highest BCUT2D eigenvalue weighted by molar-refractivity contribution is 5.33. The molecular formula is C23H32N6. The van der Waals surface area contributed by atoms with Crippen molar-refractivity contribution in [3.05, 3.63) is 53.9 Å². The van der Waals surface area contributed by atoms with Crippen molar-refractivity contribution in [2.24, 2.45) is 5.92 Å². The molecule has 0 bridgehead atoms. The molecule has 0 saturated carbocycles. The van der Waals surface area contributed by atoms with Gasteiger partial charge in [-0.1, -0.05) is 30.3 Å². The van der Waals surface area contributed by atoms with E-state index in [1.807, 2.05) is 6.20 Å². The number of benzene rings is 1. The summed E-state index contributed by atoms with van der Waals surface area (Å²) in [6.45, 7) is 6.51. The van der Waals surface area contributed by atoms with Gasteiger partial charge in [0.15, 0.2) is 0 Å². The summed E-state index contributed by atoms with van der Waals surface area (Å²) in [5.41, 5.74) is 9.62. The van der Waals surface area contributed by atoms with Crippen molar-refractivity contribution in [3.63, 3.8) is 0 Å². The van der Waals surface area contributed by atoms with E-state index in [0.717, 1.165) is 38.7 Å². The molecule has 4 heterocycles. The average Bonchev–Trinajstić information content (AvgIpc) is 3.47. The molecule has 2 aromatic rings. The molecule has 3 atom stereocenters. The van der Waals surface area contributed by atoms with Crippen molar-refractivity contribution in [2.45, 2.75) is 44.2 Å². The number of piperidine rings is 1. The van der Waals surface area contributed by atoms with Crippen molar-refractivity contribution in [3.8, 4) is 0 Å². The van der Waals surface area contributed by atoms with Crippen molar-refractivity contribution in [1.82, 2.24) is 25.7 Å². The number of nitrogens with zero attached hydrogens (tertiary/aromatic N) is 4. The molecule has 3 aliphatic rings. The molecule has 0 radical (unpaired) electrons. The van der Waals surface area contributed by atoms with Crippen LogP contribution in [0, 0.1) is 5.92 Å². The van der Waals surface area contributed by atoms with Crippen LogP contribution in [0.2, 0.25) is 0 Å². The van der Waals surface area contributed by atoms with Crippen molar-refractivity contribution >= 4 is 5.95 Å². The molecule has 0 aliphatic carbocycles. The fourth-order valence-corrected chi connectivity index (χ4v) is 5.26. The van der Waals surface area contributed by atoms with Crippen LogP contribution >= 0.6 is 0 Å². The third-order valence-electron chi connectivity index (χ3n) is 6.76. The van der Waals surface area contributed by atoms with E-state index in [1.54, 1.807) is 0 Å². The summed E-state index contributed by atoms with van der Waals surface area (Å²) in [6, 6.07) is 13.4. The van der Waals surface area contributed by atoms with Gasteiger partial charge in [0.25, 0.3) is 0 Å². The highest BCUT2D eigenvalue weighted by atomic mass is 15.4. The molecule has 29 heavy (non-hydrogen) atoms. The summed E-state index contributed by atoms with van der Waals surface area (Å²) in [4.78, 5) is 14.5. The first-order valence-corrected chi connectivity index (χ1v) is 11.2. The molecule has 3 saturated heterocycles. The van der Waals surface area contributed by atoms with Crippen LogP contribution < -0.4 is 15.8 Å². The van der Waals surface area contributed by atoms with Crippen molar-refractivity contribution < 1.29 is 0 Å². The van der Waals surface area contributed by atoms with Crippen LogP contribution in [-0.4, -0.2) is 53.6 Å². The van der Waals surface area contributed by atoms with Crippen LogP contribution in [-0.2, 0) is 6.54 Å². The molecule has 0 spiro atoms. The van der Waals surface area contributed by atoms with E-state index >= 15 is 0 Å². The second-order valence-corrected chi connectivity index (χ2v) is 8.76. The zero-order chi connectivity index (χ0) is 19.5. The van der Waals surface area contributed by atoms with Gasteiger partial charge >= 0.3 is 0 Å². The Morgan fingerprint density at radius 2 is 1.86 bits per heavy atom. The highest BCUT2D eigenvalue weighted by Crippen LogP contribution is 2.32. The number of hydrogen-bond donors (Lipinski definition) is 2. The largest absolute Gasteiger partial charge is 0.341 e. The van der Waals surface area contributed by atoms with Gasteiger partial charge in [0.05, 0.1) is 5.69 Å². The smallest absolute Gasteiger partial charge is 0.225 e. The van der Waals surface area contributed by atoms with E-state index in [-0.39, 0.29) is 0 Å². The molecule has 154 valence electrons. The first kappa shape index (κ1) is 19.0. The van der Waals surface area contributed by atoms with E-state index < -0.39 is 0 Å². The molecule has 3 unspecified atom stereocenters. The zero-order valence-corrected chi connectivity index (χ0v) is 17.1. The van der Waals surface area contributed by atoms with Crippen molar-refractivity contribution in [1.29, 1.82) is 0 Å². The van der Waals surface area contributed by atoms with Crippen LogP contribution in [0.15, 0.2) is 42.6 Å². The molecule has 6 heteroatoms. The lowest BCUT2D eigenvalue weighted by atomic mass is 9.82. The summed E-state index contributed by atoms with van der Waals surface area (Å²) in [5.74, 6) is 1.96. The van der Waals surface area contributed by atoms with Gasteiger partial charge < -0.3 is 4.90 Å². The lowest BCUT2D eigenvalue weighted by Gasteiger charge is -2.37. The Kier molecular flexibility index (Phi) is 5.74. The highest BCUT2D eigenvalue weighted by Gasteiger charge is 2.37. The monoisotopic (exact) mass is 392 g/mol. The predicted octanol–water partition coefficient (Wildman–Crippen LogP) is 2.55. The van der Waals surface area contributed by atoms with Gasteiger partial charge in [0.1, 0.15) is 0 Å². The molecule has 3 aliphatic heterocycles. The molecule has 6 nitrogen and oxygen atoms in total. The van der Waals surface area contributed by atoms with Gasteiger partial charge in [0, 0.05) is 50.9 Å². The van der Waals surface area contributed by atoms with E-state index in [4.69, 9.17) is 4.98 Å². The Hall–Kier alpha value is -2.02. The summed E-state index contributed by atoms with van der Waals surface area (Å²) in [5, 5.41) is 0. The normalized spacial score (nSPS) is 28.1. The zero-order valence-electron chi connectivity index (χ0n) is 17.1. The number of nitrogens with one attached hydrogen (secondary N) is 2. The van der Waals surface area contributed by atoms with Crippen molar-refractivity contribution in [2.75, 3.05) is 37.6 Å². The van der Waals surface area contributed by atoms with Gasteiger partial charge in [-0.15, -0.1) is 0 Å². The summed E-state index contributed by atoms with van der Waals surface area (Å²) in [7, 11) is 0. The quantitative estimate of drug-likeness (QED) is 0.816. The van der Waals surface area contributed by atoms with Crippen LogP contribution in [0.5, 0.6) is 0 Å². The minimum absolute atomic E-state index is 0.404. The molecule has 1 aromatic carbocycles. The maximum absolute atomic E-state index is 4.99. The maximum Gasteiger partial charge on any atom is 0.225 e. The molecule has 3 fully saturated rings. The first-order chi connectivity index (χ1) is 14.4. The third kappa shape index (κ3) is 4.29. The minimum Gasteiger partial charge on any atom is -0.341 e. The number of anilines is 1. The Balaban J connectivity index is 1.28. The Morgan fingerprint density at radius 3 is 2.72 bits per heavy atom. The number of rotatable bonds is 5. The second kappa shape index (κ2) is 8.78. The fourth-order valence-electron chi connectivity index (χ4n) is 5.26. The Bertz CT molecular complexity index is 791. The van der Waals surface area contributed by atoms with E-state index in [2.05, 4.69) is 62.0 Å². The van der Waals surface area contributed by atoms with Crippen LogP contribution in [0.1, 0.15) is 42.9 Å². The van der Waals surface area contributed by atoms with E-state index in [1.165, 1.54) is 43.5 Å². The average molecular weight is 393 g/mol. The summed E-state index contributed by atoms with van der Waals surface area (Å²) >= 11 is 0. The Labute approximate surface area is 173 Å². The van der Waals surface area contributed by atoms with Gasteiger partial charge in [0.2, 0.25) is 5.95 Å². The number of hydrogen-bond acceptors (Lipinski definition) is 6.